The standard InChI is InChI=1S/C60H42N2/c1-4-17-43(18-5-1)44-31-33-45(34-32-44)46-35-37-49(38-36-46)61(50-39-41-51(42-40-50)62-57-28-14-12-24-54(57)55-25-13-15-29-58(55)62)59-30-16-27-53(48-21-8-3-9-22-48)60(59)56-26-11-10-23-52(56)47-19-6-2-7-20-47/h1-42H. The van der Waals surface area contributed by atoms with Crippen LogP contribution < -0.4 is 4.90 Å². The molecule has 292 valence electrons. The Morgan fingerprint density at radius 3 is 1.19 bits per heavy atom. The average Bonchev–Trinajstić information content (AvgIpc) is 3.70. The van der Waals surface area contributed by atoms with Crippen molar-refractivity contribution in [3.05, 3.63) is 255 Å². The minimum absolute atomic E-state index is 1.07. The lowest BCUT2D eigenvalue weighted by molar-refractivity contribution is 1.17. The van der Waals surface area contributed by atoms with Gasteiger partial charge < -0.3 is 9.47 Å². The number of anilines is 3. The van der Waals surface area contributed by atoms with Crippen molar-refractivity contribution in [2.24, 2.45) is 0 Å². The Hall–Kier alpha value is -8.20. The minimum atomic E-state index is 1.07. The van der Waals surface area contributed by atoms with Crippen LogP contribution in [0, 0.1) is 0 Å². The summed E-state index contributed by atoms with van der Waals surface area (Å²) in [6, 6.07) is 92.1. The van der Waals surface area contributed by atoms with Crippen molar-refractivity contribution in [3.63, 3.8) is 0 Å². The summed E-state index contributed by atoms with van der Waals surface area (Å²) >= 11 is 0. The second kappa shape index (κ2) is 16.1. The maximum absolute atomic E-state index is 2.43. The van der Waals surface area contributed by atoms with Gasteiger partial charge in [0.05, 0.1) is 16.7 Å². The Morgan fingerprint density at radius 2 is 0.645 bits per heavy atom. The lowest BCUT2D eigenvalue weighted by Gasteiger charge is -2.30. The fraction of sp³-hybridized carbons (Fsp3) is 0. The Kier molecular flexibility index (Phi) is 9.57. The molecular formula is C60H42N2. The van der Waals surface area contributed by atoms with E-state index in [1.54, 1.807) is 0 Å². The Balaban J connectivity index is 1.10. The molecule has 0 amide bonds. The second-order valence-corrected chi connectivity index (χ2v) is 15.7. The number of aromatic nitrogens is 1. The fourth-order valence-electron chi connectivity index (χ4n) is 9.11. The van der Waals surface area contributed by atoms with Gasteiger partial charge in [-0.05, 0) is 105 Å². The van der Waals surface area contributed by atoms with Gasteiger partial charge in [0.15, 0.2) is 0 Å². The van der Waals surface area contributed by atoms with Crippen LogP contribution in [0.15, 0.2) is 255 Å². The van der Waals surface area contributed by atoms with Gasteiger partial charge in [-0.15, -0.1) is 0 Å². The molecule has 0 radical (unpaired) electrons. The van der Waals surface area contributed by atoms with Crippen LogP contribution >= 0.6 is 0 Å². The van der Waals surface area contributed by atoms with E-state index in [-0.39, 0.29) is 0 Å². The summed E-state index contributed by atoms with van der Waals surface area (Å²) in [7, 11) is 0. The van der Waals surface area contributed by atoms with E-state index in [9.17, 15) is 0 Å². The third-order valence-corrected chi connectivity index (χ3v) is 12.0. The summed E-state index contributed by atoms with van der Waals surface area (Å²) in [5.41, 5.74) is 18.6. The van der Waals surface area contributed by atoms with Gasteiger partial charge in [0.2, 0.25) is 0 Å². The number of fused-ring (bicyclic) bond motifs is 3. The molecule has 0 saturated carbocycles. The van der Waals surface area contributed by atoms with Crippen LogP contribution in [0.1, 0.15) is 0 Å². The SMILES string of the molecule is c1ccc(-c2ccc(-c3ccc(N(c4ccc(-n5c6ccccc6c6ccccc65)cc4)c4cccc(-c5ccccc5)c4-c4ccccc4-c4ccccc4)cc3)cc2)cc1. The van der Waals surface area contributed by atoms with E-state index in [4.69, 9.17) is 0 Å². The predicted octanol–water partition coefficient (Wildman–Crippen LogP) is 16.6. The molecule has 1 heterocycles. The van der Waals surface area contributed by atoms with E-state index in [2.05, 4.69) is 264 Å². The summed E-state index contributed by atoms with van der Waals surface area (Å²) in [5.74, 6) is 0. The average molecular weight is 791 g/mol. The molecular weight excluding hydrogens is 749 g/mol. The topological polar surface area (TPSA) is 8.17 Å². The molecule has 0 aliphatic rings. The van der Waals surface area contributed by atoms with Crippen LogP contribution in [0.25, 0.3) is 83.1 Å². The maximum atomic E-state index is 2.43. The monoisotopic (exact) mass is 790 g/mol. The largest absolute Gasteiger partial charge is 0.310 e. The first-order valence-electron chi connectivity index (χ1n) is 21.3. The highest BCUT2D eigenvalue weighted by atomic mass is 15.1. The van der Waals surface area contributed by atoms with Crippen molar-refractivity contribution in [1.82, 2.24) is 4.57 Å². The van der Waals surface area contributed by atoms with Crippen LogP contribution in [-0.2, 0) is 0 Å². The number of rotatable bonds is 9. The normalized spacial score (nSPS) is 11.2. The van der Waals surface area contributed by atoms with Gasteiger partial charge in [-0.1, -0.05) is 200 Å². The third-order valence-electron chi connectivity index (χ3n) is 12.0. The van der Waals surface area contributed by atoms with Gasteiger partial charge in [0, 0.05) is 33.4 Å². The molecule has 62 heavy (non-hydrogen) atoms. The van der Waals surface area contributed by atoms with Gasteiger partial charge >= 0.3 is 0 Å². The van der Waals surface area contributed by atoms with Crippen molar-refractivity contribution in [1.29, 1.82) is 0 Å². The summed E-state index contributed by atoms with van der Waals surface area (Å²) < 4.78 is 2.38. The minimum Gasteiger partial charge on any atom is -0.310 e. The van der Waals surface area contributed by atoms with Crippen molar-refractivity contribution >= 4 is 38.9 Å². The van der Waals surface area contributed by atoms with Crippen molar-refractivity contribution in [2.75, 3.05) is 4.90 Å². The predicted molar refractivity (Wildman–Crippen MR) is 263 cm³/mol. The molecule has 11 aromatic rings. The van der Waals surface area contributed by atoms with Crippen molar-refractivity contribution < 1.29 is 0 Å². The zero-order chi connectivity index (χ0) is 41.2. The molecule has 2 heteroatoms. The van der Waals surface area contributed by atoms with Gasteiger partial charge in [-0.3, -0.25) is 0 Å². The molecule has 0 atom stereocenters. The highest BCUT2D eigenvalue weighted by Crippen LogP contribution is 2.48. The summed E-state index contributed by atoms with van der Waals surface area (Å²) in [6.07, 6.45) is 0. The highest BCUT2D eigenvalue weighted by molar-refractivity contribution is 6.09. The van der Waals surface area contributed by atoms with Gasteiger partial charge in [-0.25, -0.2) is 0 Å². The molecule has 0 spiro atoms. The quantitative estimate of drug-likeness (QED) is 0.141. The maximum Gasteiger partial charge on any atom is 0.0546 e. The van der Waals surface area contributed by atoms with Crippen LogP contribution in [-0.4, -0.2) is 4.57 Å². The van der Waals surface area contributed by atoms with E-state index in [0.29, 0.717) is 0 Å². The number of hydrogen-bond donors (Lipinski definition) is 0. The molecule has 10 aromatic carbocycles. The fourth-order valence-corrected chi connectivity index (χ4v) is 9.11. The molecule has 11 rings (SSSR count). The van der Waals surface area contributed by atoms with E-state index in [0.717, 1.165) is 22.7 Å². The number of para-hydroxylation sites is 2. The van der Waals surface area contributed by atoms with E-state index in [1.807, 2.05) is 0 Å². The van der Waals surface area contributed by atoms with E-state index >= 15 is 0 Å². The number of hydrogen-bond acceptors (Lipinski definition) is 1. The van der Waals surface area contributed by atoms with Crippen LogP contribution in [0.5, 0.6) is 0 Å². The second-order valence-electron chi connectivity index (χ2n) is 15.7. The van der Waals surface area contributed by atoms with Gasteiger partial charge in [0.25, 0.3) is 0 Å². The smallest absolute Gasteiger partial charge is 0.0546 e. The lowest BCUT2D eigenvalue weighted by Crippen LogP contribution is -2.12. The molecule has 2 nitrogen and oxygen atoms in total. The lowest BCUT2D eigenvalue weighted by atomic mass is 9.87. The van der Waals surface area contributed by atoms with Crippen LogP contribution in [0.2, 0.25) is 0 Å². The summed E-state index contributed by atoms with van der Waals surface area (Å²) in [5, 5.41) is 2.51. The van der Waals surface area contributed by atoms with Gasteiger partial charge in [-0.2, -0.15) is 0 Å². The first kappa shape index (κ1) is 36.8. The first-order valence-corrected chi connectivity index (χ1v) is 21.3. The van der Waals surface area contributed by atoms with Gasteiger partial charge in [0.1, 0.15) is 0 Å². The molecule has 0 bridgehead atoms. The number of nitrogens with zero attached hydrogens (tertiary/aromatic N) is 2. The summed E-state index contributed by atoms with van der Waals surface area (Å²) in [6.45, 7) is 0. The Labute approximate surface area is 362 Å². The van der Waals surface area contributed by atoms with E-state index < -0.39 is 0 Å². The zero-order valence-corrected chi connectivity index (χ0v) is 34.1. The zero-order valence-electron chi connectivity index (χ0n) is 34.1. The molecule has 0 N–H and O–H groups in total. The third kappa shape index (κ3) is 6.74. The van der Waals surface area contributed by atoms with Crippen molar-refractivity contribution in [2.45, 2.75) is 0 Å². The molecule has 0 unspecified atom stereocenters. The molecule has 0 fully saturated rings. The first-order chi connectivity index (χ1) is 30.8. The van der Waals surface area contributed by atoms with Crippen LogP contribution in [0.4, 0.5) is 17.1 Å². The van der Waals surface area contributed by atoms with E-state index in [1.165, 1.54) is 77.4 Å². The van der Waals surface area contributed by atoms with Crippen molar-refractivity contribution in [3.8, 4) is 61.3 Å². The number of benzene rings is 10. The summed E-state index contributed by atoms with van der Waals surface area (Å²) in [4.78, 5) is 2.43. The Morgan fingerprint density at radius 1 is 0.258 bits per heavy atom. The molecule has 0 aliphatic carbocycles. The molecule has 0 aliphatic heterocycles. The highest BCUT2D eigenvalue weighted by Gasteiger charge is 2.23. The molecule has 0 saturated heterocycles. The Bertz CT molecular complexity index is 3240. The van der Waals surface area contributed by atoms with Crippen LogP contribution in [0.3, 0.4) is 0 Å². The molecule has 1 aromatic heterocycles.